The number of carboxylic acids is 1. The van der Waals surface area contributed by atoms with Crippen LogP contribution in [-0.2, 0) is 6.42 Å². The largest absolute Gasteiger partial charge is 0.508 e. The van der Waals surface area contributed by atoms with Crippen LogP contribution in [0.5, 0.6) is 5.75 Å². The average molecular weight is 194 g/mol. The predicted molar refractivity (Wildman–Crippen MR) is 53.6 cm³/mol. The van der Waals surface area contributed by atoms with Crippen molar-refractivity contribution in [2.45, 2.75) is 20.3 Å². The predicted octanol–water partition coefficient (Wildman–Crippen LogP) is 2.29. The van der Waals surface area contributed by atoms with Gasteiger partial charge in [-0.2, -0.15) is 0 Å². The van der Waals surface area contributed by atoms with Gasteiger partial charge in [-0.1, -0.05) is 13.8 Å². The minimum Gasteiger partial charge on any atom is -0.508 e. The summed E-state index contributed by atoms with van der Waals surface area (Å²) < 4.78 is 0. The fourth-order valence-corrected chi connectivity index (χ4v) is 1.40. The van der Waals surface area contributed by atoms with Gasteiger partial charge in [0.2, 0.25) is 0 Å². The molecule has 0 saturated carbocycles. The van der Waals surface area contributed by atoms with Gasteiger partial charge in [-0.15, -0.1) is 0 Å². The molecule has 0 aliphatic carbocycles. The summed E-state index contributed by atoms with van der Waals surface area (Å²) in [6.07, 6.45) is 0.663. The lowest BCUT2D eigenvalue weighted by Gasteiger charge is -2.08. The van der Waals surface area contributed by atoms with Gasteiger partial charge in [0, 0.05) is 0 Å². The van der Waals surface area contributed by atoms with Crippen LogP contribution in [-0.4, -0.2) is 16.2 Å². The van der Waals surface area contributed by atoms with Crippen molar-refractivity contribution in [3.63, 3.8) is 0 Å². The van der Waals surface area contributed by atoms with Crippen molar-refractivity contribution >= 4 is 5.97 Å². The van der Waals surface area contributed by atoms with Gasteiger partial charge >= 0.3 is 5.97 Å². The lowest BCUT2D eigenvalue weighted by molar-refractivity contribution is 0.0695. The summed E-state index contributed by atoms with van der Waals surface area (Å²) in [5.74, 6) is -0.457. The Bertz CT molecular complexity index is 342. The third-order valence-corrected chi connectivity index (χ3v) is 1.95. The van der Waals surface area contributed by atoms with Crippen LogP contribution in [0.1, 0.15) is 29.8 Å². The lowest BCUT2D eigenvalue weighted by atomic mass is 9.98. The molecule has 0 unspecified atom stereocenters. The number of phenols is 1. The molecule has 76 valence electrons. The molecule has 0 fully saturated rings. The number of carbonyl (C=O) groups is 1. The first-order valence-corrected chi connectivity index (χ1v) is 4.56. The molecular weight excluding hydrogens is 180 g/mol. The maximum Gasteiger partial charge on any atom is 0.335 e. The molecule has 0 saturated heterocycles. The molecule has 0 aliphatic rings. The second-order valence-corrected chi connectivity index (χ2v) is 3.74. The molecule has 14 heavy (non-hydrogen) atoms. The Morgan fingerprint density at radius 1 is 1.43 bits per heavy atom. The van der Waals surface area contributed by atoms with Gasteiger partial charge < -0.3 is 10.2 Å². The fourth-order valence-electron chi connectivity index (χ4n) is 1.40. The molecule has 0 radical (unpaired) electrons. The second kappa shape index (κ2) is 4.13. The van der Waals surface area contributed by atoms with Crippen LogP contribution in [0.2, 0.25) is 0 Å². The molecule has 0 atom stereocenters. The maximum absolute atomic E-state index is 10.8. The molecule has 2 N–H and O–H groups in total. The van der Waals surface area contributed by atoms with E-state index in [4.69, 9.17) is 5.11 Å². The topological polar surface area (TPSA) is 57.5 Å². The van der Waals surface area contributed by atoms with Gasteiger partial charge in [-0.05, 0) is 36.1 Å². The zero-order chi connectivity index (χ0) is 10.7. The number of rotatable bonds is 3. The van der Waals surface area contributed by atoms with Crippen LogP contribution in [0.3, 0.4) is 0 Å². The van der Waals surface area contributed by atoms with Gasteiger partial charge in [-0.3, -0.25) is 0 Å². The number of aromatic carboxylic acids is 1. The van der Waals surface area contributed by atoms with Crippen molar-refractivity contribution in [3.8, 4) is 5.75 Å². The summed E-state index contributed by atoms with van der Waals surface area (Å²) in [5, 5.41) is 18.1. The van der Waals surface area contributed by atoms with Crippen molar-refractivity contribution in [1.82, 2.24) is 0 Å². The highest BCUT2D eigenvalue weighted by Crippen LogP contribution is 2.19. The van der Waals surface area contributed by atoms with Gasteiger partial charge in [0.25, 0.3) is 0 Å². The van der Waals surface area contributed by atoms with Crippen molar-refractivity contribution in [2.24, 2.45) is 5.92 Å². The quantitative estimate of drug-likeness (QED) is 0.776. The van der Waals surface area contributed by atoms with Crippen molar-refractivity contribution < 1.29 is 15.0 Å². The zero-order valence-electron chi connectivity index (χ0n) is 8.32. The van der Waals surface area contributed by atoms with E-state index in [1.165, 1.54) is 18.2 Å². The van der Waals surface area contributed by atoms with E-state index in [2.05, 4.69) is 0 Å². The van der Waals surface area contributed by atoms with E-state index in [0.717, 1.165) is 0 Å². The molecule has 0 amide bonds. The summed E-state index contributed by atoms with van der Waals surface area (Å²) in [6.45, 7) is 4.02. The van der Waals surface area contributed by atoms with E-state index >= 15 is 0 Å². The molecular formula is C11H14O3. The van der Waals surface area contributed by atoms with Crippen LogP contribution >= 0.6 is 0 Å². The smallest absolute Gasteiger partial charge is 0.335 e. The zero-order valence-corrected chi connectivity index (χ0v) is 8.32. The maximum atomic E-state index is 10.8. The first kappa shape index (κ1) is 10.6. The van der Waals surface area contributed by atoms with Crippen molar-refractivity contribution in [1.29, 1.82) is 0 Å². The highest BCUT2D eigenvalue weighted by Gasteiger charge is 2.11. The molecule has 0 aliphatic heterocycles. The van der Waals surface area contributed by atoms with Crippen LogP contribution < -0.4 is 0 Å². The monoisotopic (exact) mass is 194 g/mol. The van der Waals surface area contributed by atoms with E-state index in [9.17, 15) is 9.90 Å². The third-order valence-electron chi connectivity index (χ3n) is 1.95. The molecule has 3 heteroatoms. The molecule has 1 aromatic rings. The number of benzene rings is 1. The number of hydrogen-bond donors (Lipinski definition) is 2. The Kier molecular flexibility index (Phi) is 3.12. The van der Waals surface area contributed by atoms with Gasteiger partial charge in [0.05, 0.1) is 5.56 Å². The molecule has 0 aromatic heterocycles. The van der Waals surface area contributed by atoms with Gasteiger partial charge in [0.1, 0.15) is 5.75 Å². The second-order valence-electron chi connectivity index (χ2n) is 3.74. The first-order chi connectivity index (χ1) is 6.50. The number of aromatic hydroxyl groups is 1. The van der Waals surface area contributed by atoms with Crippen LogP contribution in [0, 0.1) is 5.92 Å². The number of hydrogen-bond acceptors (Lipinski definition) is 2. The molecule has 0 spiro atoms. The first-order valence-electron chi connectivity index (χ1n) is 4.56. The average Bonchev–Trinajstić information content (AvgIpc) is 2.01. The summed E-state index contributed by atoms with van der Waals surface area (Å²) >= 11 is 0. The van der Waals surface area contributed by atoms with Crippen molar-refractivity contribution in [3.05, 3.63) is 29.3 Å². The van der Waals surface area contributed by atoms with Crippen LogP contribution in [0.25, 0.3) is 0 Å². The van der Waals surface area contributed by atoms with Gasteiger partial charge in [-0.25, -0.2) is 4.79 Å². The fraction of sp³-hybridized carbons (Fsp3) is 0.364. The summed E-state index contributed by atoms with van der Waals surface area (Å²) in [5.41, 5.74) is 0.962. The number of phenolic OH excluding ortho intramolecular Hbond substituents is 1. The molecule has 1 rings (SSSR count). The number of carboxylic acid groups (broad SMARTS) is 1. The Labute approximate surface area is 83.0 Å². The van der Waals surface area contributed by atoms with E-state index in [0.29, 0.717) is 17.9 Å². The van der Waals surface area contributed by atoms with Crippen LogP contribution in [0.4, 0.5) is 0 Å². The summed E-state index contributed by atoms with van der Waals surface area (Å²) in [7, 11) is 0. The molecule has 3 nitrogen and oxygen atoms in total. The van der Waals surface area contributed by atoms with E-state index in [1.807, 2.05) is 13.8 Å². The van der Waals surface area contributed by atoms with E-state index in [1.54, 1.807) is 0 Å². The van der Waals surface area contributed by atoms with Gasteiger partial charge in [0.15, 0.2) is 0 Å². The normalized spacial score (nSPS) is 10.5. The van der Waals surface area contributed by atoms with Crippen LogP contribution in [0.15, 0.2) is 18.2 Å². The highest BCUT2D eigenvalue weighted by molar-refractivity contribution is 5.89. The third kappa shape index (κ3) is 2.49. The lowest BCUT2D eigenvalue weighted by Crippen LogP contribution is -2.04. The highest BCUT2D eigenvalue weighted by atomic mass is 16.4. The minimum absolute atomic E-state index is 0.116. The standard InChI is InChI=1S/C11H14O3/c1-7(2)5-8-6-9(12)3-4-10(8)11(13)14/h3-4,6-7,12H,5H2,1-2H3,(H,13,14). The Hall–Kier alpha value is -1.51. The SMILES string of the molecule is CC(C)Cc1cc(O)ccc1C(=O)O. The Balaban J connectivity index is 3.09. The van der Waals surface area contributed by atoms with E-state index in [-0.39, 0.29) is 11.3 Å². The molecule has 1 aromatic carbocycles. The van der Waals surface area contributed by atoms with Crippen molar-refractivity contribution in [2.75, 3.05) is 0 Å². The van der Waals surface area contributed by atoms with E-state index < -0.39 is 5.97 Å². The molecule has 0 bridgehead atoms. The minimum atomic E-state index is -0.944. The summed E-state index contributed by atoms with van der Waals surface area (Å²) in [6, 6.07) is 4.35. The molecule has 0 heterocycles. The summed E-state index contributed by atoms with van der Waals surface area (Å²) in [4.78, 5) is 10.8. The Morgan fingerprint density at radius 2 is 2.07 bits per heavy atom. The Morgan fingerprint density at radius 3 is 2.57 bits per heavy atom.